The van der Waals surface area contributed by atoms with Crippen molar-refractivity contribution in [2.45, 2.75) is 125 Å². The molecule has 0 bridgehead atoms. The summed E-state index contributed by atoms with van der Waals surface area (Å²) in [4.78, 5) is 23.3. The molecule has 4 nitrogen and oxygen atoms in total. The van der Waals surface area contributed by atoms with Gasteiger partial charge in [-0.1, -0.05) is 46.8 Å². The van der Waals surface area contributed by atoms with E-state index in [-0.39, 0.29) is 17.5 Å². The molecule has 0 aromatic heterocycles. The molecule has 4 heteroatoms. The van der Waals surface area contributed by atoms with Crippen LogP contribution in [0.15, 0.2) is 12.2 Å². The van der Waals surface area contributed by atoms with E-state index in [1.807, 2.05) is 0 Å². The molecule has 10 atom stereocenters. The molecule has 5 aliphatic carbocycles. The average molecular weight is 513 g/mol. The van der Waals surface area contributed by atoms with Gasteiger partial charge in [-0.25, -0.2) is 0 Å². The molecule has 37 heavy (non-hydrogen) atoms. The molecule has 0 aromatic carbocycles. The second-order valence-corrected chi connectivity index (χ2v) is 15.3. The van der Waals surface area contributed by atoms with Gasteiger partial charge in [0, 0.05) is 12.3 Å². The summed E-state index contributed by atoms with van der Waals surface area (Å²) >= 11 is 0. The average Bonchev–Trinajstić information content (AvgIpc) is 3.40. The minimum absolute atomic E-state index is 0.0578. The number of carboxylic acids is 1. The van der Waals surface area contributed by atoms with Crippen molar-refractivity contribution in [2.24, 2.45) is 56.7 Å². The summed E-state index contributed by atoms with van der Waals surface area (Å²) in [5.74, 6) is 1.46. The summed E-state index contributed by atoms with van der Waals surface area (Å²) in [6.45, 7) is 20.0. The number of hydrogen-bond donors (Lipinski definition) is 1. The van der Waals surface area contributed by atoms with Gasteiger partial charge in [-0.3, -0.25) is 9.59 Å². The molecule has 5 rings (SSSR count). The van der Waals surface area contributed by atoms with Crippen molar-refractivity contribution in [2.75, 3.05) is 0 Å². The van der Waals surface area contributed by atoms with Gasteiger partial charge in [0.2, 0.25) is 0 Å². The first-order valence-corrected chi connectivity index (χ1v) is 15.2. The molecule has 208 valence electrons. The predicted molar refractivity (Wildman–Crippen MR) is 147 cm³/mol. The summed E-state index contributed by atoms with van der Waals surface area (Å²) in [5, 5.41) is 9.38. The van der Waals surface area contributed by atoms with Crippen LogP contribution >= 0.6 is 0 Å². The summed E-state index contributed by atoms with van der Waals surface area (Å²) in [5.41, 5.74) is 2.66. The highest BCUT2D eigenvalue weighted by molar-refractivity contribution is 5.72. The van der Waals surface area contributed by atoms with Gasteiger partial charge >= 0.3 is 11.9 Å². The minimum atomic E-state index is -0.755. The first-order valence-electron chi connectivity index (χ1n) is 15.2. The van der Waals surface area contributed by atoms with Crippen molar-refractivity contribution in [1.29, 1.82) is 0 Å². The van der Waals surface area contributed by atoms with Crippen LogP contribution in [-0.4, -0.2) is 23.1 Å². The Hall–Kier alpha value is -1.32. The highest BCUT2D eigenvalue weighted by Crippen LogP contribution is 2.89. The Kier molecular flexibility index (Phi) is 6.33. The zero-order valence-corrected chi connectivity index (χ0v) is 24.6. The lowest BCUT2D eigenvalue weighted by Gasteiger charge is -2.63. The maximum atomic E-state index is 11.9. The lowest BCUT2D eigenvalue weighted by molar-refractivity contribution is -0.181. The number of esters is 1. The first kappa shape index (κ1) is 27.3. The zero-order chi connectivity index (χ0) is 27.2. The molecule has 5 aliphatic rings. The topological polar surface area (TPSA) is 63.6 Å². The fourth-order valence-electron chi connectivity index (χ4n) is 11.7. The number of carboxylic acid groups (broad SMARTS) is 1. The number of rotatable bonds is 7. The van der Waals surface area contributed by atoms with E-state index in [2.05, 4.69) is 41.2 Å². The largest absolute Gasteiger partial charge is 0.481 e. The molecule has 0 aliphatic heterocycles. The molecule has 5 saturated carbocycles. The predicted octanol–water partition coefficient (Wildman–Crippen LogP) is 8.05. The summed E-state index contributed by atoms with van der Waals surface area (Å²) in [6, 6.07) is 0. The van der Waals surface area contributed by atoms with Crippen LogP contribution in [-0.2, 0) is 14.3 Å². The Labute approximate surface area is 225 Å². The Morgan fingerprint density at radius 2 is 1.57 bits per heavy atom. The van der Waals surface area contributed by atoms with Crippen molar-refractivity contribution >= 4 is 11.9 Å². The van der Waals surface area contributed by atoms with Gasteiger partial charge < -0.3 is 9.84 Å². The standard InChI is InChI=1S/C33H52O4/c1-20(22(3)28(35)36)9-10-21(2)24-13-15-31(8)26-12-11-25-29(5,6)27(37-23(4)34)14-16-32(25)19-33(26,32)18-17-30(24,31)7/h21-22,24-27H,1,9-19H2,2-8H3,(H,35,36)/t21-,22?,24-,25+,26+,27+,30-,31+,32-,33+/m1/s1. The van der Waals surface area contributed by atoms with E-state index < -0.39 is 11.9 Å². The van der Waals surface area contributed by atoms with Crippen molar-refractivity contribution in [3.8, 4) is 0 Å². The van der Waals surface area contributed by atoms with E-state index in [1.165, 1.54) is 51.4 Å². The van der Waals surface area contributed by atoms with Gasteiger partial charge in [-0.15, -0.1) is 0 Å². The third-order valence-corrected chi connectivity index (χ3v) is 14.0. The van der Waals surface area contributed by atoms with Crippen molar-refractivity contribution in [3.63, 3.8) is 0 Å². The molecule has 0 heterocycles. The van der Waals surface area contributed by atoms with Crippen LogP contribution in [0.5, 0.6) is 0 Å². The Balaban J connectivity index is 1.34. The van der Waals surface area contributed by atoms with E-state index >= 15 is 0 Å². The minimum Gasteiger partial charge on any atom is -0.481 e. The molecule has 0 aromatic rings. The molecular formula is C33H52O4. The molecule has 5 fully saturated rings. The molecular weight excluding hydrogens is 460 g/mol. The lowest BCUT2D eigenvalue weighted by atomic mass is 9.41. The molecule has 2 spiro atoms. The fourth-order valence-corrected chi connectivity index (χ4v) is 11.7. The summed E-state index contributed by atoms with van der Waals surface area (Å²) in [6.07, 6.45) is 13.6. The molecule has 1 N–H and O–H groups in total. The SMILES string of the molecule is C=C(CC[C@@H](C)[C@H]1CC[C@@]2(C)[C@@H]3CC[C@H]4C(C)(C)[C@@H](OC(C)=O)CC[C@@]45C[C@@]35CC[C@]12C)C(C)C(=O)O. The maximum absolute atomic E-state index is 11.9. The lowest BCUT2D eigenvalue weighted by Crippen LogP contribution is -2.58. The number of aliphatic carboxylic acids is 1. The Morgan fingerprint density at radius 3 is 2.22 bits per heavy atom. The summed E-state index contributed by atoms with van der Waals surface area (Å²) < 4.78 is 5.89. The molecule has 1 unspecified atom stereocenters. The van der Waals surface area contributed by atoms with E-state index in [0.29, 0.717) is 39.4 Å². The van der Waals surface area contributed by atoms with Crippen LogP contribution in [0.2, 0.25) is 0 Å². The zero-order valence-electron chi connectivity index (χ0n) is 24.6. The second kappa shape index (κ2) is 8.59. The third kappa shape index (κ3) is 3.58. The first-order chi connectivity index (χ1) is 17.2. The van der Waals surface area contributed by atoms with Gasteiger partial charge in [0.25, 0.3) is 0 Å². The van der Waals surface area contributed by atoms with Crippen molar-refractivity contribution in [3.05, 3.63) is 12.2 Å². The molecule has 0 amide bonds. The molecule has 0 radical (unpaired) electrons. The van der Waals surface area contributed by atoms with Crippen molar-refractivity contribution in [1.82, 2.24) is 0 Å². The smallest absolute Gasteiger partial charge is 0.310 e. The van der Waals surface area contributed by atoms with Gasteiger partial charge in [-0.2, -0.15) is 0 Å². The van der Waals surface area contributed by atoms with Crippen molar-refractivity contribution < 1.29 is 19.4 Å². The van der Waals surface area contributed by atoms with Gasteiger partial charge in [0.05, 0.1) is 5.92 Å². The van der Waals surface area contributed by atoms with Crippen LogP contribution in [0.4, 0.5) is 0 Å². The van der Waals surface area contributed by atoms with E-state index in [4.69, 9.17) is 4.74 Å². The molecule has 0 saturated heterocycles. The number of ether oxygens (including phenoxy) is 1. The summed E-state index contributed by atoms with van der Waals surface area (Å²) in [7, 11) is 0. The number of carbonyl (C=O) groups is 2. The van der Waals surface area contributed by atoms with E-state index in [0.717, 1.165) is 30.8 Å². The van der Waals surface area contributed by atoms with Gasteiger partial charge in [0.1, 0.15) is 6.10 Å². The Bertz CT molecular complexity index is 983. The highest BCUT2D eigenvalue weighted by atomic mass is 16.5. The van der Waals surface area contributed by atoms with Crippen LogP contribution in [0.3, 0.4) is 0 Å². The third-order valence-electron chi connectivity index (χ3n) is 14.0. The fraction of sp³-hybridized carbons (Fsp3) is 0.879. The second-order valence-electron chi connectivity index (χ2n) is 15.3. The van der Waals surface area contributed by atoms with Gasteiger partial charge in [-0.05, 0) is 123 Å². The van der Waals surface area contributed by atoms with Crippen LogP contribution in [0.1, 0.15) is 119 Å². The highest BCUT2D eigenvalue weighted by Gasteiger charge is 2.82. The number of fused-ring (bicyclic) bond motifs is 2. The quantitative estimate of drug-likeness (QED) is 0.277. The Morgan fingerprint density at radius 1 is 0.919 bits per heavy atom. The van der Waals surface area contributed by atoms with Gasteiger partial charge in [0.15, 0.2) is 0 Å². The monoisotopic (exact) mass is 512 g/mol. The normalized spacial score (nSPS) is 46.9. The maximum Gasteiger partial charge on any atom is 0.310 e. The number of hydrogen-bond acceptors (Lipinski definition) is 3. The number of carbonyl (C=O) groups excluding carboxylic acids is 1. The van der Waals surface area contributed by atoms with E-state index in [9.17, 15) is 14.7 Å². The van der Waals surface area contributed by atoms with Crippen LogP contribution < -0.4 is 0 Å². The van der Waals surface area contributed by atoms with Crippen LogP contribution in [0, 0.1) is 56.7 Å². The van der Waals surface area contributed by atoms with E-state index in [1.54, 1.807) is 13.8 Å². The van der Waals surface area contributed by atoms with Crippen LogP contribution in [0.25, 0.3) is 0 Å².